The first-order chi connectivity index (χ1) is 20.7. The highest BCUT2D eigenvalue weighted by molar-refractivity contribution is 8.00. The Hall–Kier alpha value is -4.24. The number of carboxylic acid groups (broad SMARTS) is 1. The van der Waals surface area contributed by atoms with Crippen LogP contribution in [0.2, 0.25) is 0 Å². The molecule has 0 aromatic carbocycles. The normalized spacial score (nSPS) is 23.6. The Kier molecular flexibility index (Phi) is 7.92. The van der Waals surface area contributed by atoms with Crippen LogP contribution in [0.25, 0.3) is 0 Å². The molecule has 13 nitrogen and oxygen atoms in total. The number of carboxylic acids is 1. The number of rotatable bonds is 8. The van der Waals surface area contributed by atoms with Crippen LogP contribution >= 0.6 is 23.1 Å². The van der Waals surface area contributed by atoms with Gasteiger partial charge in [-0.25, -0.2) is 9.55 Å². The molecule has 224 valence electrons. The summed E-state index contributed by atoms with van der Waals surface area (Å²) in [6.45, 7) is 0.452. The number of aryl methyl sites for hydroxylation is 1. The van der Waals surface area contributed by atoms with Gasteiger partial charge in [0.2, 0.25) is 0 Å². The van der Waals surface area contributed by atoms with E-state index in [1.165, 1.54) is 11.8 Å². The molecule has 43 heavy (non-hydrogen) atoms. The molecule has 1 saturated carbocycles. The number of hydrogen-bond donors (Lipinski definition) is 2. The third kappa shape index (κ3) is 5.61. The van der Waals surface area contributed by atoms with E-state index in [1.54, 1.807) is 16.4 Å². The van der Waals surface area contributed by atoms with E-state index in [4.69, 9.17) is 10.6 Å². The summed E-state index contributed by atoms with van der Waals surface area (Å²) in [6.07, 6.45) is 9.26. The predicted octanol–water partition coefficient (Wildman–Crippen LogP) is -0.0197. The van der Waals surface area contributed by atoms with Crippen molar-refractivity contribution in [1.82, 2.24) is 15.2 Å². The van der Waals surface area contributed by atoms with Gasteiger partial charge in [0, 0.05) is 29.3 Å². The van der Waals surface area contributed by atoms with Crippen molar-refractivity contribution < 1.29 is 33.7 Å². The van der Waals surface area contributed by atoms with E-state index in [0.717, 1.165) is 47.6 Å². The van der Waals surface area contributed by atoms with E-state index in [0.29, 0.717) is 24.1 Å². The Morgan fingerprint density at radius 3 is 2.79 bits per heavy atom. The Morgan fingerprint density at radius 2 is 2.09 bits per heavy atom. The first kappa shape index (κ1) is 28.9. The Morgan fingerprint density at radius 1 is 1.30 bits per heavy atom. The van der Waals surface area contributed by atoms with Gasteiger partial charge in [-0.2, -0.15) is 0 Å². The second-order valence-corrected chi connectivity index (χ2v) is 12.6. The fourth-order valence-corrected chi connectivity index (χ4v) is 7.46. The van der Waals surface area contributed by atoms with Crippen molar-refractivity contribution >= 4 is 63.3 Å². The molecule has 3 amide bonds. The molecule has 3 N–H and O–H groups in total. The molecule has 2 saturated heterocycles. The summed E-state index contributed by atoms with van der Waals surface area (Å²) >= 11 is 2.43. The first-order valence-electron chi connectivity index (χ1n) is 13.8. The van der Waals surface area contributed by atoms with Gasteiger partial charge in [0.15, 0.2) is 23.2 Å². The summed E-state index contributed by atoms with van der Waals surface area (Å²) < 4.78 is 1.84. The number of fused-ring (bicyclic) bond motifs is 1. The summed E-state index contributed by atoms with van der Waals surface area (Å²) in [5.41, 5.74) is 7.09. The molecule has 3 fully saturated rings. The molecule has 4 aliphatic rings. The highest BCUT2D eigenvalue weighted by atomic mass is 32.2. The molecule has 0 bridgehead atoms. The topological polar surface area (TPSA) is 174 Å². The Labute approximate surface area is 255 Å². The Bertz CT molecular complexity index is 1600. The van der Waals surface area contributed by atoms with Crippen LogP contribution < -0.4 is 25.6 Å². The van der Waals surface area contributed by atoms with Gasteiger partial charge < -0.3 is 30.7 Å². The van der Waals surface area contributed by atoms with Crippen molar-refractivity contribution in [2.75, 3.05) is 22.9 Å². The fraction of sp³-hybridized carbons (Fsp3) is 0.393. The van der Waals surface area contributed by atoms with Gasteiger partial charge in [-0.05, 0) is 49.8 Å². The number of pyridine rings is 1. The number of carbonyl (C=O) groups is 4. The molecular formula is C28H29N7O6S2. The number of anilines is 2. The fourth-order valence-electron chi connectivity index (χ4n) is 5.61. The lowest BCUT2D eigenvalue weighted by Gasteiger charge is -2.50. The van der Waals surface area contributed by atoms with Gasteiger partial charge in [-0.15, -0.1) is 23.1 Å². The molecule has 0 radical (unpaired) electrons. The highest BCUT2D eigenvalue weighted by Crippen LogP contribution is 2.41. The number of nitrogens with one attached hydrogen (secondary N) is 1. The average Bonchev–Trinajstić information content (AvgIpc) is 3.74. The molecular weight excluding hydrogens is 594 g/mol. The lowest BCUT2D eigenvalue weighted by atomic mass is 10.0. The average molecular weight is 624 g/mol. The van der Waals surface area contributed by atoms with E-state index in [1.807, 2.05) is 36.1 Å². The van der Waals surface area contributed by atoms with Crippen LogP contribution in [0, 0.1) is 0 Å². The number of β-lactam (4-membered cyclic amide) rings is 1. The van der Waals surface area contributed by atoms with Crippen LogP contribution in [0.15, 0.2) is 58.0 Å². The van der Waals surface area contributed by atoms with Gasteiger partial charge in [0.25, 0.3) is 17.7 Å². The number of nitrogens with two attached hydrogens (primary N) is 1. The monoisotopic (exact) mass is 623 g/mol. The molecule has 6 rings (SSSR count). The minimum Gasteiger partial charge on any atom is -0.543 e. The summed E-state index contributed by atoms with van der Waals surface area (Å²) in [4.78, 5) is 64.5. The molecule has 3 aliphatic heterocycles. The highest BCUT2D eigenvalue weighted by Gasteiger charge is 2.53. The lowest BCUT2D eigenvalue weighted by molar-refractivity contribution is -0.670. The maximum atomic E-state index is 13.3. The van der Waals surface area contributed by atoms with Crippen molar-refractivity contribution in [2.24, 2.45) is 12.2 Å². The number of oxime groups is 1. The van der Waals surface area contributed by atoms with Crippen molar-refractivity contribution in [2.45, 2.75) is 49.6 Å². The largest absolute Gasteiger partial charge is 0.543 e. The quantitative estimate of drug-likeness (QED) is 0.135. The number of nitrogen functional groups attached to an aromatic ring is 1. The van der Waals surface area contributed by atoms with Crippen LogP contribution in [0.3, 0.4) is 0 Å². The number of thioether (sulfide) groups is 1. The summed E-state index contributed by atoms with van der Waals surface area (Å²) in [7, 11) is 1.86. The standard InChI is InChI=1S/C28H29N7O6S2/c1-33-9-4-5-17(12-33)34-10-8-15(24(34)37)11-16-13-42-26-21(25(38)35(26)22(16)27(39)40)31-23(36)20(19-14-43-28(29)30-19)32-41-18-6-2-3-7-18/h4-5,9,11-12,14,18,21,26H,2-3,6-8,10,13H2,1H3,(H3-,29,30,31,36,39,40)/t21-,26-/m1/s1. The molecule has 2 aromatic rings. The third-order valence-corrected chi connectivity index (χ3v) is 9.74. The van der Waals surface area contributed by atoms with Gasteiger partial charge in [0.05, 0.1) is 11.7 Å². The zero-order valence-electron chi connectivity index (χ0n) is 23.2. The second kappa shape index (κ2) is 11.8. The van der Waals surface area contributed by atoms with Gasteiger partial charge in [-0.3, -0.25) is 19.3 Å². The molecule has 0 spiro atoms. The minimum absolute atomic E-state index is 0.105. The number of aromatic nitrogens is 2. The van der Waals surface area contributed by atoms with Gasteiger partial charge in [0.1, 0.15) is 35.9 Å². The summed E-state index contributed by atoms with van der Waals surface area (Å²) in [5.74, 6) is -2.84. The summed E-state index contributed by atoms with van der Waals surface area (Å²) in [5, 5.41) is 20.2. The number of hydrogen-bond acceptors (Lipinski definition) is 11. The van der Waals surface area contributed by atoms with Gasteiger partial charge in [-0.1, -0.05) is 5.16 Å². The minimum atomic E-state index is -1.53. The van der Waals surface area contributed by atoms with Crippen molar-refractivity contribution in [3.8, 4) is 0 Å². The van der Waals surface area contributed by atoms with E-state index in [2.05, 4.69) is 15.5 Å². The van der Waals surface area contributed by atoms with E-state index < -0.39 is 29.2 Å². The maximum absolute atomic E-state index is 13.3. The van der Waals surface area contributed by atoms with Crippen molar-refractivity contribution in [1.29, 1.82) is 0 Å². The predicted molar refractivity (Wildman–Crippen MR) is 156 cm³/mol. The van der Waals surface area contributed by atoms with Crippen LogP contribution in [0.4, 0.5) is 10.8 Å². The number of nitrogens with zero attached hydrogens (tertiary/aromatic N) is 5. The van der Waals surface area contributed by atoms with E-state index in [9.17, 15) is 24.3 Å². The number of allylic oxidation sites excluding steroid dienone is 1. The molecule has 0 unspecified atom stereocenters. The molecule has 15 heteroatoms. The maximum Gasteiger partial charge on any atom is 0.276 e. The molecule has 1 aliphatic carbocycles. The number of amides is 3. The van der Waals surface area contributed by atoms with E-state index in [-0.39, 0.29) is 40.0 Å². The number of carbonyl (C=O) groups excluding carboxylic acids is 4. The zero-order chi connectivity index (χ0) is 30.2. The number of aliphatic carboxylic acids is 1. The van der Waals surface area contributed by atoms with Crippen LogP contribution in [0.1, 0.15) is 37.8 Å². The summed E-state index contributed by atoms with van der Waals surface area (Å²) in [6, 6.07) is 2.67. The third-order valence-electron chi connectivity index (χ3n) is 7.76. The molecule has 2 aromatic heterocycles. The lowest BCUT2D eigenvalue weighted by Crippen LogP contribution is -2.71. The van der Waals surface area contributed by atoms with Crippen LogP contribution in [0.5, 0.6) is 0 Å². The molecule has 5 heterocycles. The van der Waals surface area contributed by atoms with Crippen molar-refractivity contribution in [3.05, 3.63) is 58.5 Å². The van der Waals surface area contributed by atoms with Gasteiger partial charge >= 0.3 is 0 Å². The zero-order valence-corrected chi connectivity index (χ0v) is 24.9. The molecule has 2 atom stereocenters. The number of thiazole rings is 1. The first-order valence-corrected chi connectivity index (χ1v) is 15.8. The Balaban J connectivity index is 1.20. The van der Waals surface area contributed by atoms with Crippen LogP contribution in [-0.4, -0.2) is 69.1 Å². The van der Waals surface area contributed by atoms with E-state index >= 15 is 0 Å². The smallest absolute Gasteiger partial charge is 0.276 e. The van der Waals surface area contributed by atoms with Crippen LogP contribution in [-0.2, 0) is 31.1 Å². The van der Waals surface area contributed by atoms with Crippen molar-refractivity contribution in [3.63, 3.8) is 0 Å². The second-order valence-electron chi connectivity index (χ2n) is 10.6. The SMILES string of the molecule is C[n+]1cccc(N2CCC(=CC3=C(C(=O)[O-])N4C(=O)[C@@H](NC(=O)C(=NOC5CCCC5)c5csc(N)n5)[C@H]4SC3)C2=O)c1.